The maximum Gasteiger partial charge on any atom is 0.292 e. The van der Waals surface area contributed by atoms with E-state index >= 15 is 0 Å². The minimum atomic E-state index is -0.417. The molecule has 1 aliphatic carbocycles. The first kappa shape index (κ1) is 12.0. The third-order valence-electron chi connectivity index (χ3n) is 2.70. The van der Waals surface area contributed by atoms with E-state index < -0.39 is 5.54 Å². The lowest BCUT2D eigenvalue weighted by molar-refractivity contribution is 0.0937. The summed E-state index contributed by atoms with van der Waals surface area (Å²) in [7, 11) is 0. The Kier molecular flexibility index (Phi) is 3.15. The van der Waals surface area contributed by atoms with Crippen LogP contribution in [0.3, 0.4) is 0 Å². The van der Waals surface area contributed by atoms with Crippen LogP contribution < -0.4 is 10.6 Å². The maximum atomic E-state index is 11.7. The second kappa shape index (κ2) is 4.44. The zero-order valence-electron chi connectivity index (χ0n) is 10.4. The van der Waals surface area contributed by atoms with Crippen LogP contribution in [0.25, 0.3) is 0 Å². The zero-order chi connectivity index (χ0) is 12.5. The molecule has 1 saturated carbocycles. The fraction of sp³-hybridized carbons (Fsp3) is 0.727. The number of rotatable bonds is 5. The molecule has 0 unspecified atom stereocenters. The average Bonchev–Trinajstić information content (AvgIpc) is 2.92. The van der Waals surface area contributed by atoms with E-state index in [1.807, 2.05) is 20.8 Å². The molecule has 1 aromatic heterocycles. The highest BCUT2D eigenvalue weighted by Gasteiger charge is 2.30. The molecule has 0 atom stereocenters. The van der Waals surface area contributed by atoms with Gasteiger partial charge in [-0.3, -0.25) is 4.79 Å². The van der Waals surface area contributed by atoms with E-state index in [0.29, 0.717) is 11.9 Å². The summed E-state index contributed by atoms with van der Waals surface area (Å²) < 4.78 is 5.12. The number of hydrogen-bond acceptors (Lipinski definition) is 5. The average molecular weight is 238 g/mol. The number of nitrogens with one attached hydrogen (secondary N) is 2. The molecular formula is C11H18N4O2. The van der Waals surface area contributed by atoms with Crippen molar-refractivity contribution in [3.05, 3.63) is 11.7 Å². The van der Waals surface area contributed by atoms with Crippen molar-refractivity contribution in [2.75, 3.05) is 6.54 Å². The van der Waals surface area contributed by atoms with Gasteiger partial charge in [-0.05, 0) is 33.2 Å². The second-order valence-corrected chi connectivity index (χ2v) is 4.83. The Balaban J connectivity index is 2.06. The van der Waals surface area contributed by atoms with Crippen molar-refractivity contribution in [2.24, 2.45) is 0 Å². The molecule has 0 bridgehead atoms. The molecule has 0 saturated heterocycles. The monoisotopic (exact) mass is 238 g/mol. The van der Waals surface area contributed by atoms with Crippen LogP contribution in [0.2, 0.25) is 0 Å². The Labute approximate surface area is 100 Å². The highest BCUT2D eigenvalue weighted by molar-refractivity contribution is 5.90. The van der Waals surface area contributed by atoms with Gasteiger partial charge in [0, 0.05) is 6.04 Å². The summed E-state index contributed by atoms with van der Waals surface area (Å²) in [6, 6.07) is 0.297. The summed E-state index contributed by atoms with van der Waals surface area (Å²) in [4.78, 5) is 15.8. The Hall–Kier alpha value is -1.43. The van der Waals surface area contributed by atoms with Gasteiger partial charge in [-0.1, -0.05) is 12.1 Å². The van der Waals surface area contributed by atoms with Crippen LogP contribution in [-0.2, 0) is 5.54 Å². The largest absolute Gasteiger partial charge is 0.346 e. The minimum Gasteiger partial charge on any atom is -0.346 e. The van der Waals surface area contributed by atoms with Crippen molar-refractivity contribution in [3.8, 4) is 0 Å². The van der Waals surface area contributed by atoms with Gasteiger partial charge in [-0.15, -0.1) is 0 Å². The predicted molar refractivity (Wildman–Crippen MR) is 61.5 cm³/mol. The molecule has 6 nitrogen and oxygen atoms in total. The molecule has 1 fully saturated rings. The summed E-state index contributed by atoms with van der Waals surface area (Å²) in [5, 5.41) is 9.75. The molecule has 0 radical (unpaired) electrons. The third kappa shape index (κ3) is 2.82. The first-order chi connectivity index (χ1) is 8.03. The number of nitrogens with zero attached hydrogens (tertiary/aromatic N) is 2. The molecule has 2 N–H and O–H groups in total. The van der Waals surface area contributed by atoms with Crippen molar-refractivity contribution in [1.29, 1.82) is 0 Å². The number of carbonyl (C=O) groups is 1. The minimum absolute atomic E-state index is 0.109. The van der Waals surface area contributed by atoms with Crippen molar-refractivity contribution < 1.29 is 9.32 Å². The van der Waals surface area contributed by atoms with E-state index in [0.717, 1.165) is 19.4 Å². The summed E-state index contributed by atoms with van der Waals surface area (Å²) in [5.41, 5.74) is -0.417. The first-order valence-corrected chi connectivity index (χ1v) is 5.93. The molecule has 94 valence electrons. The Morgan fingerprint density at radius 2 is 2.24 bits per heavy atom. The molecule has 0 spiro atoms. The van der Waals surface area contributed by atoms with E-state index in [1.54, 1.807) is 0 Å². The predicted octanol–water partition coefficient (Wildman–Crippen LogP) is 0.806. The summed E-state index contributed by atoms with van der Waals surface area (Å²) in [6.07, 6.45) is 2.08. The van der Waals surface area contributed by atoms with E-state index in [1.165, 1.54) is 0 Å². The van der Waals surface area contributed by atoms with Crippen molar-refractivity contribution in [1.82, 2.24) is 20.8 Å². The summed E-state index contributed by atoms with van der Waals surface area (Å²) in [5.74, 6) is 0.285. The van der Waals surface area contributed by atoms with Gasteiger partial charge < -0.3 is 15.2 Å². The first-order valence-electron chi connectivity index (χ1n) is 5.93. The van der Waals surface area contributed by atoms with Crippen LogP contribution in [-0.4, -0.2) is 28.6 Å². The van der Waals surface area contributed by atoms with E-state index in [-0.39, 0.29) is 11.7 Å². The second-order valence-electron chi connectivity index (χ2n) is 4.83. The fourth-order valence-corrected chi connectivity index (χ4v) is 1.56. The van der Waals surface area contributed by atoms with Crippen LogP contribution in [0.4, 0.5) is 0 Å². The normalized spacial score (nSPS) is 15.9. The molecule has 17 heavy (non-hydrogen) atoms. The molecule has 1 heterocycles. The zero-order valence-corrected chi connectivity index (χ0v) is 10.4. The van der Waals surface area contributed by atoms with Gasteiger partial charge in [0.1, 0.15) is 0 Å². The highest BCUT2D eigenvalue weighted by Crippen LogP contribution is 2.20. The molecule has 1 aliphatic rings. The van der Waals surface area contributed by atoms with Gasteiger partial charge in [0.25, 0.3) is 11.7 Å². The molecule has 0 aromatic carbocycles. The lowest BCUT2D eigenvalue weighted by Crippen LogP contribution is -2.36. The maximum absolute atomic E-state index is 11.7. The van der Waals surface area contributed by atoms with Gasteiger partial charge in [-0.2, -0.15) is 4.98 Å². The van der Waals surface area contributed by atoms with Crippen LogP contribution in [0, 0.1) is 0 Å². The molecular weight excluding hydrogens is 220 g/mol. The van der Waals surface area contributed by atoms with Crippen LogP contribution in [0.1, 0.15) is 50.1 Å². The standard InChI is InChI=1S/C11H18N4O2/c1-4-12-11(2,3)10-14-8(15-17-10)9(16)13-7-5-6-7/h7,12H,4-6H2,1-3H3,(H,13,16). The smallest absolute Gasteiger partial charge is 0.292 e. The number of aromatic nitrogens is 2. The third-order valence-corrected chi connectivity index (χ3v) is 2.70. The van der Waals surface area contributed by atoms with E-state index in [2.05, 4.69) is 20.8 Å². The number of amides is 1. The SMILES string of the molecule is CCNC(C)(C)c1nc(C(=O)NC2CC2)no1. The fourth-order valence-electron chi connectivity index (χ4n) is 1.56. The Morgan fingerprint density at radius 1 is 1.53 bits per heavy atom. The highest BCUT2D eigenvalue weighted by atomic mass is 16.5. The van der Waals surface area contributed by atoms with E-state index in [4.69, 9.17) is 4.52 Å². The van der Waals surface area contributed by atoms with Crippen LogP contribution in [0.15, 0.2) is 4.52 Å². The molecule has 6 heteroatoms. The van der Waals surface area contributed by atoms with Gasteiger partial charge in [0.2, 0.25) is 5.89 Å². The van der Waals surface area contributed by atoms with Crippen molar-refractivity contribution in [2.45, 2.75) is 45.2 Å². The Bertz CT molecular complexity index is 409. The Morgan fingerprint density at radius 3 is 2.82 bits per heavy atom. The molecule has 0 aliphatic heterocycles. The lowest BCUT2D eigenvalue weighted by Gasteiger charge is -2.20. The van der Waals surface area contributed by atoms with Gasteiger partial charge in [0.05, 0.1) is 5.54 Å². The molecule has 1 amide bonds. The number of hydrogen-bond donors (Lipinski definition) is 2. The van der Waals surface area contributed by atoms with Crippen LogP contribution in [0.5, 0.6) is 0 Å². The van der Waals surface area contributed by atoms with Crippen LogP contribution >= 0.6 is 0 Å². The van der Waals surface area contributed by atoms with E-state index in [9.17, 15) is 4.79 Å². The molecule has 2 rings (SSSR count). The molecule has 1 aromatic rings. The van der Waals surface area contributed by atoms with Crippen molar-refractivity contribution >= 4 is 5.91 Å². The lowest BCUT2D eigenvalue weighted by atomic mass is 10.1. The van der Waals surface area contributed by atoms with Gasteiger partial charge in [0.15, 0.2) is 0 Å². The quantitative estimate of drug-likeness (QED) is 0.793. The summed E-state index contributed by atoms with van der Waals surface area (Å²) >= 11 is 0. The number of carbonyl (C=O) groups excluding carboxylic acids is 1. The van der Waals surface area contributed by atoms with Gasteiger partial charge in [-0.25, -0.2) is 0 Å². The van der Waals surface area contributed by atoms with Gasteiger partial charge >= 0.3 is 0 Å². The topological polar surface area (TPSA) is 80.0 Å². The van der Waals surface area contributed by atoms with Crippen molar-refractivity contribution in [3.63, 3.8) is 0 Å². The summed E-state index contributed by atoms with van der Waals surface area (Å²) in [6.45, 7) is 6.66.